The van der Waals surface area contributed by atoms with Crippen LogP contribution in [-0.4, -0.2) is 35.6 Å². The number of nitrogens with two attached hydrogens (primary N) is 1. The number of aryl methyl sites for hydroxylation is 1. The van der Waals surface area contributed by atoms with Crippen LogP contribution in [-0.2, 0) is 21.2 Å². The minimum Gasteiger partial charge on any atom is -0.369 e. The molecule has 2 N–H and O–H groups in total. The van der Waals surface area contributed by atoms with E-state index in [9.17, 15) is 13.2 Å². The van der Waals surface area contributed by atoms with Crippen LogP contribution in [0.15, 0.2) is 42.7 Å². The highest BCUT2D eigenvalue weighted by molar-refractivity contribution is 7.92. The van der Waals surface area contributed by atoms with Gasteiger partial charge in [0, 0.05) is 24.6 Å². The molecule has 21 heavy (non-hydrogen) atoms. The van der Waals surface area contributed by atoms with E-state index in [0.29, 0.717) is 6.54 Å². The third kappa shape index (κ3) is 3.91. The van der Waals surface area contributed by atoms with Crippen LogP contribution in [0.5, 0.6) is 0 Å². The van der Waals surface area contributed by atoms with Crippen LogP contribution in [0, 0.1) is 0 Å². The van der Waals surface area contributed by atoms with E-state index in [1.165, 1.54) is 0 Å². The molecular formula is C14H17N3O3S. The van der Waals surface area contributed by atoms with Gasteiger partial charge >= 0.3 is 0 Å². The number of carbonyl (C=O) groups excluding carboxylic acids is 1. The molecule has 1 unspecified atom stereocenters. The third-order valence-corrected chi connectivity index (χ3v) is 4.70. The quantitative estimate of drug-likeness (QED) is 0.855. The summed E-state index contributed by atoms with van der Waals surface area (Å²) in [5.74, 6) is -0.826. The number of nitrogens with zero attached hydrogens (tertiary/aromatic N) is 2. The molecule has 0 saturated heterocycles. The van der Waals surface area contributed by atoms with Gasteiger partial charge in [0.1, 0.15) is 5.25 Å². The first-order valence-electron chi connectivity index (χ1n) is 6.44. The molecule has 0 spiro atoms. The molecule has 1 amide bonds. The number of carbonyl (C=O) groups is 1. The van der Waals surface area contributed by atoms with Crippen molar-refractivity contribution in [3.05, 3.63) is 42.7 Å². The lowest BCUT2D eigenvalue weighted by molar-refractivity contribution is -0.117. The van der Waals surface area contributed by atoms with Crippen molar-refractivity contribution in [2.45, 2.75) is 18.2 Å². The zero-order valence-electron chi connectivity index (χ0n) is 11.6. The molecule has 0 aliphatic rings. The smallest absolute Gasteiger partial charge is 0.235 e. The minimum absolute atomic E-state index is 0.115. The van der Waals surface area contributed by atoms with E-state index in [-0.39, 0.29) is 6.42 Å². The summed E-state index contributed by atoms with van der Waals surface area (Å²) in [5.41, 5.74) is 7.10. The number of hydrogen-bond acceptors (Lipinski definition) is 4. The standard InChI is InChI=1S/C14H17N3O3S/c1-21(19,20)13(14(15)18)7-8-17-10-12(9-16-17)11-5-3-2-4-6-11/h2-6,9-10,13H,7-8H2,1H3,(H2,15,18). The lowest BCUT2D eigenvalue weighted by atomic mass is 10.1. The van der Waals surface area contributed by atoms with Gasteiger partial charge in [-0.25, -0.2) is 8.42 Å². The van der Waals surface area contributed by atoms with Crippen molar-refractivity contribution in [3.63, 3.8) is 0 Å². The van der Waals surface area contributed by atoms with Gasteiger partial charge in [-0.05, 0) is 12.0 Å². The number of primary amides is 1. The van der Waals surface area contributed by atoms with Gasteiger partial charge in [0.15, 0.2) is 9.84 Å². The molecule has 1 aromatic carbocycles. The van der Waals surface area contributed by atoms with E-state index in [4.69, 9.17) is 5.73 Å². The fourth-order valence-electron chi connectivity index (χ4n) is 2.08. The van der Waals surface area contributed by atoms with E-state index in [2.05, 4.69) is 5.10 Å². The number of sulfone groups is 1. The summed E-state index contributed by atoms with van der Waals surface area (Å²) in [6.45, 7) is 0.313. The van der Waals surface area contributed by atoms with Gasteiger partial charge in [-0.1, -0.05) is 30.3 Å². The van der Waals surface area contributed by atoms with Crippen LogP contribution < -0.4 is 5.73 Å². The van der Waals surface area contributed by atoms with Crippen molar-refractivity contribution in [2.24, 2.45) is 5.73 Å². The van der Waals surface area contributed by atoms with Gasteiger partial charge in [0.2, 0.25) is 5.91 Å². The second-order valence-electron chi connectivity index (χ2n) is 4.87. The van der Waals surface area contributed by atoms with Gasteiger partial charge in [-0.3, -0.25) is 9.48 Å². The Morgan fingerprint density at radius 1 is 1.29 bits per heavy atom. The summed E-state index contributed by atoms with van der Waals surface area (Å²) in [6.07, 6.45) is 4.65. The summed E-state index contributed by atoms with van der Waals surface area (Å²) in [4.78, 5) is 11.2. The van der Waals surface area contributed by atoms with Crippen LogP contribution in [0.3, 0.4) is 0 Å². The molecule has 1 atom stereocenters. The van der Waals surface area contributed by atoms with Crippen molar-refractivity contribution in [1.82, 2.24) is 9.78 Å². The van der Waals surface area contributed by atoms with Crippen LogP contribution in [0.25, 0.3) is 11.1 Å². The molecule has 7 heteroatoms. The molecule has 2 aromatic rings. The molecule has 0 fully saturated rings. The Balaban J connectivity index is 2.08. The Labute approximate surface area is 123 Å². The van der Waals surface area contributed by atoms with E-state index >= 15 is 0 Å². The SMILES string of the molecule is CS(=O)(=O)C(CCn1cc(-c2ccccc2)cn1)C(N)=O. The van der Waals surface area contributed by atoms with Crippen molar-refractivity contribution in [1.29, 1.82) is 0 Å². The predicted molar refractivity (Wildman–Crippen MR) is 80.1 cm³/mol. The van der Waals surface area contributed by atoms with Crippen molar-refractivity contribution in [3.8, 4) is 11.1 Å². The molecular weight excluding hydrogens is 290 g/mol. The zero-order chi connectivity index (χ0) is 15.5. The highest BCUT2D eigenvalue weighted by atomic mass is 32.2. The van der Waals surface area contributed by atoms with Crippen molar-refractivity contribution < 1.29 is 13.2 Å². The van der Waals surface area contributed by atoms with Crippen LogP contribution in [0.2, 0.25) is 0 Å². The van der Waals surface area contributed by atoms with Crippen LogP contribution in [0.1, 0.15) is 6.42 Å². The number of hydrogen-bond donors (Lipinski definition) is 1. The molecule has 0 radical (unpaired) electrons. The largest absolute Gasteiger partial charge is 0.369 e. The fraction of sp³-hybridized carbons (Fsp3) is 0.286. The average molecular weight is 307 g/mol. The highest BCUT2D eigenvalue weighted by Gasteiger charge is 2.26. The first-order chi connectivity index (χ1) is 9.88. The third-order valence-electron chi connectivity index (χ3n) is 3.19. The number of benzene rings is 1. The average Bonchev–Trinajstić information content (AvgIpc) is 2.87. The monoisotopic (exact) mass is 307 g/mol. The zero-order valence-corrected chi connectivity index (χ0v) is 12.5. The maximum absolute atomic E-state index is 11.5. The lowest BCUT2D eigenvalue weighted by Crippen LogP contribution is -2.36. The number of amides is 1. The number of aromatic nitrogens is 2. The Morgan fingerprint density at radius 3 is 2.52 bits per heavy atom. The maximum atomic E-state index is 11.5. The molecule has 1 heterocycles. The second-order valence-corrected chi connectivity index (χ2v) is 7.10. The number of rotatable bonds is 6. The minimum atomic E-state index is -3.50. The summed E-state index contributed by atoms with van der Waals surface area (Å²) in [6, 6.07) is 9.71. The topological polar surface area (TPSA) is 95.1 Å². The highest BCUT2D eigenvalue weighted by Crippen LogP contribution is 2.18. The van der Waals surface area contributed by atoms with Gasteiger partial charge in [0.25, 0.3) is 0 Å². The van der Waals surface area contributed by atoms with Gasteiger partial charge < -0.3 is 5.73 Å². The van der Waals surface area contributed by atoms with E-state index in [1.807, 2.05) is 36.5 Å². The summed E-state index contributed by atoms with van der Waals surface area (Å²) in [5, 5.41) is 3.00. The molecule has 0 aliphatic heterocycles. The molecule has 1 aromatic heterocycles. The van der Waals surface area contributed by atoms with Crippen LogP contribution in [0.4, 0.5) is 0 Å². The Hall–Kier alpha value is -2.15. The molecule has 2 rings (SSSR count). The summed E-state index contributed by atoms with van der Waals surface area (Å²) < 4.78 is 24.6. The van der Waals surface area contributed by atoms with E-state index in [1.54, 1.807) is 10.9 Å². The fourth-order valence-corrected chi connectivity index (χ4v) is 3.04. The Bertz CT molecular complexity index is 723. The van der Waals surface area contributed by atoms with Crippen molar-refractivity contribution >= 4 is 15.7 Å². The molecule has 6 nitrogen and oxygen atoms in total. The first kappa shape index (κ1) is 15.2. The summed E-state index contributed by atoms with van der Waals surface area (Å²) >= 11 is 0. The van der Waals surface area contributed by atoms with Gasteiger partial charge in [-0.15, -0.1) is 0 Å². The van der Waals surface area contributed by atoms with E-state index in [0.717, 1.165) is 17.4 Å². The van der Waals surface area contributed by atoms with Crippen LogP contribution >= 0.6 is 0 Å². The lowest BCUT2D eigenvalue weighted by Gasteiger charge is -2.10. The predicted octanol–water partition coefficient (Wildman–Crippen LogP) is 0.839. The Kier molecular flexibility index (Phi) is 4.42. The molecule has 0 bridgehead atoms. The molecule has 0 aliphatic carbocycles. The molecule has 0 saturated carbocycles. The van der Waals surface area contributed by atoms with Crippen molar-refractivity contribution in [2.75, 3.05) is 6.26 Å². The van der Waals surface area contributed by atoms with Gasteiger partial charge in [0.05, 0.1) is 6.20 Å². The first-order valence-corrected chi connectivity index (χ1v) is 8.39. The summed E-state index contributed by atoms with van der Waals surface area (Å²) in [7, 11) is -3.50. The maximum Gasteiger partial charge on any atom is 0.235 e. The molecule has 112 valence electrons. The Morgan fingerprint density at radius 2 is 1.95 bits per heavy atom. The second kappa shape index (κ2) is 6.09. The van der Waals surface area contributed by atoms with Gasteiger partial charge in [-0.2, -0.15) is 5.10 Å². The normalized spacial score (nSPS) is 13.0. The van der Waals surface area contributed by atoms with E-state index < -0.39 is 21.0 Å².